The summed E-state index contributed by atoms with van der Waals surface area (Å²) >= 11 is 0. The third kappa shape index (κ3) is 1.75. The molecule has 1 aromatic heterocycles. The van der Waals surface area contributed by atoms with Gasteiger partial charge in [-0.15, -0.1) is 0 Å². The monoisotopic (exact) mass is 214 g/mol. The topological polar surface area (TPSA) is 38.9 Å². The van der Waals surface area contributed by atoms with Gasteiger partial charge in [0, 0.05) is 11.6 Å². The predicted molar refractivity (Wildman–Crippen MR) is 69.6 cm³/mol. The molecule has 2 heteroatoms. The maximum absolute atomic E-state index is 5.91. The molecule has 0 amide bonds. The number of anilines is 1. The van der Waals surface area contributed by atoms with Gasteiger partial charge in [-0.3, -0.25) is 0 Å². The average Bonchev–Trinajstić information content (AvgIpc) is 2.15. The van der Waals surface area contributed by atoms with Gasteiger partial charge in [-0.2, -0.15) is 0 Å². The lowest BCUT2D eigenvalue weighted by molar-refractivity contribution is 0.587. The van der Waals surface area contributed by atoms with E-state index >= 15 is 0 Å². The molecule has 0 radical (unpaired) electrons. The van der Waals surface area contributed by atoms with Gasteiger partial charge in [0.1, 0.15) is 5.82 Å². The van der Waals surface area contributed by atoms with Crippen LogP contribution in [0.15, 0.2) is 24.4 Å². The van der Waals surface area contributed by atoms with Crippen molar-refractivity contribution in [2.75, 3.05) is 5.73 Å². The highest BCUT2D eigenvalue weighted by atomic mass is 14.8. The minimum absolute atomic E-state index is 0.139. The number of hydrogen-bond donors (Lipinski definition) is 1. The zero-order chi connectivity index (χ0) is 11.9. The van der Waals surface area contributed by atoms with Crippen molar-refractivity contribution in [2.45, 2.75) is 33.1 Å². The van der Waals surface area contributed by atoms with Gasteiger partial charge in [0.2, 0.25) is 0 Å². The van der Waals surface area contributed by atoms with E-state index in [4.69, 9.17) is 5.73 Å². The maximum atomic E-state index is 5.91. The fourth-order valence-electron chi connectivity index (χ4n) is 2.17. The molecule has 1 aromatic carbocycles. The second-order valence-electron chi connectivity index (χ2n) is 5.33. The van der Waals surface area contributed by atoms with Crippen molar-refractivity contribution in [3.05, 3.63) is 35.5 Å². The molecule has 0 atom stereocenters. The molecule has 0 saturated heterocycles. The number of aryl methyl sites for hydroxylation is 1. The largest absolute Gasteiger partial charge is 0.383 e. The van der Waals surface area contributed by atoms with Crippen LogP contribution in [0.4, 0.5) is 5.82 Å². The number of benzene rings is 1. The van der Waals surface area contributed by atoms with E-state index in [0.717, 1.165) is 10.8 Å². The Morgan fingerprint density at radius 2 is 1.88 bits per heavy atom. The molecule has 2 rings (SSSR count). The Labute approximate surface area is 96.5 Å². The lowest BCUT2D eigenvalue weighted by atomic mass is 9.83. The van der Waals surface area contributed by atoms with Crippen LogP contribution in [-0.2, 0) is 5.41 Å². The molecule has 0 aliphatic heterocycles. The Bertz CT molecular complexity index is 536. The van der Waals surface area contributed by atoms with Crippen LogP contribution >= 0.6 is 0 Å². The van der Waals surface area contributed by atoms with Crippen molar-refractivity contribution in [2.24, 2.45) is 0 Å². The Hall–Kier alpha value is -1.57. The van der Waals surface area contributed by atoms with E-state index in [-0.39, 0.29) is 5.41 Å². The van der Waals surface area contributed by atoms with Crippen LogP contribution in [0.2, 0.25) is 0 Å². The third-order valence-corrected chi connectivity index (χ3v) is 2.95. The molecule has 0 aliphatic rings. The maximum Gasteiger partial charge on any atom is 0.131 e. The fourth-order valence-corrected chi connectivity index (χ4v) is 2.17. The van der Waals surface area contributed by atoms with Crippen LogP contribution in [0, 0.1) is 6.92 Å². The molecule has 0 saturated carbocycles. The molecule has 2 aromatic rings. The lowest BCUT2D eigenvalue weighted by Gasteiger charge is -2.22. The van der Waals surface area contributed by atoms with Crippen LogP contribution in [0.3, 0.4) is 0 Å². The van der Waals surface area contributed by atoms with Crippen molar-refractivity contribution in [3.63, 3.8) is 0 Å². The number of fused-ring (bicyclic) bond motifs is 1. The molecular formula is C14H18N2. The molecule has 2 N–H and O–H groups in total. The van der Waals surface area contributed by atoms with Gasteiger partial charge in [0.05, 0.1) is 0 Å². The summed E-state index contributed by atoms with van der Waals surface area (Å²) in [6.45, 7) is 8.80. The van der Waals surface area contributed by atoms with Gasteiger partial charge < -0.3 is 5.73 Å². The molecule has 0 bridgehead atoms. The van der Waals surface area contributed by atoms with Crippen LogP contribution < -0.4 is 5.73 Å². The first-order chi connectivity index (χ1) is 7.39. The lowest BCUT2D eigenvalue weighted by Crippen LogP contribution is -2.13. The van der Waals surface area contributed by atoms with Crippen LogP contribution in [-0.4, -0.2) is 4.98 Å². The minimum Gasteiger partial charge on any atom is -0.383 e. The molecular weight excluding hydrogens is 196 g/mol. The number of rotatable bonds is 0. The normalized spacial score (nSPS) is 12.0. The Kier molecular flexibility index (Phi) is 2.38. The summed E-state index contributed by atoms with van der Waals surface area (Å²) in [6, 6.07) is 6.37. The molecule has 84 valence electrons. The van der Waals surface area contributed by atoms with Crippen LogP contribution in [0.25, 0.3) is 10.8 Å². The van der Waals surface area contributed by atoms with Gasteiger partial charge in [-0.25, -0.2) is 4.98 Å². The number of pyridine rings is 1. The molecule has 0 aliphatic carbocycles. The van der Waals surface area contributed by atoms with E-state index < -0.39 is 0 Å². The van der Waals surface area contributed by atoms with Crippen molar-refractivity contribution >= 4 is 16.6 Å². The smallest absolute Gasteiger partial charge is 0.131 e. The second kappa shape index (κ2) is 3.48. The summed E-state index contributed by atoms with van der Waals surface area (Å²) in [5.74, 6) is 0.614. The number of nitrogens with two attached hydrogens (primary N) is 1. The van der Waals surface area contributed by atoms with E-state index in [1.54, 1.807) is 6.20 Å². The molecule has 1 heterocycles. The van der Waals surface area contributed by atoms with Gasteiger partial charge in [0.25, 0.3) is 0 Å². The van der Waals surface area contributed by atoms with Crippen LogP contribution in [0.5, 0.6) is 0 Å². The van der Waals surface area contributed by atoms with Crippen molar-refractivity contribution in [3.8, 4) is 0 Å². The van der Waals surface area contributed by atoms with E-state index in [1.807, 2.05) is 6.07 Å². The number of nitrogens with zero attached hydrogens (tertiary/aromatic N) is 1. The van der Waals surface area contributed by atoms with Crippen LogP contribution in [0.1, 0.15) is 31.9 Å². The second-order valence-corrected chi connectivity index (χ2v) is 5.33. The summed E-state index contributed by atoms with van der Waals surface area (Å²) in [5, 5.41) is 2.22. The highest BCUT2D eigenvalue weighted by molar-refractivity contribution is 5.92. The van der Waals surface area contributed by atoms with E-state index in [0.29, 0.717) is 5.82 Å². The zero-order valence-electron chi connectivity index (χ0n) is 10.3. The molecule has 2 nitrogen and oxygen atoms in total. The Morgan fingerprint density at radius 1 is 1.19 bits per heavy atom. The van der Waals surface area contributed by atoms with E-state index in [9.17, 15) is 0 Å². The van der Waals surface area contributed by atoms with Crippen molar-refractivity contribution < 1.29 is 0 Å². The summed E-state index contributed by atoms with van der Waals surface area (Å²) in [5.41, 5.74) is 8.69. The number of nitrogen functional groups attached to an aromatic ring is 1. The standard InChI is InChI=1S/C14H18N2/c1-9-7-10-5-6-16-13(15)11(10)8-12(9)14(2,3)4/h5-8H,1-4H3,(H2,15,16). The fraction of sp³-hybridized carbons (Fsp3) is 0.357. The molecule has 0 fully saturated rings. The summed E-state index contributed by atoms with van der Waals surface area (Å²) < 4.78 is 0. The molecule has 16 heavy (non-hydrogen) atoms. The van der Waals surface area contributed by atoms with E-state index in [1.165, 1.54) is 11.1 Å². The van der Waals surface area contributed by atoms with Crippen molar-refractivity contribution in [1.29, 1.82) is 0 Å². The Balaban J connectivity index is 2.80. The predicted octanol–water partition coefficient (Wildman–Crippen LogP) is 3.42. The van der Waals surface area contributed by atoms with Crippen molar-refractivity contribution in [1.82, 2.24) is 4.98 Å². The zero-order valence-corrected chi connectivity index (χ0v) is 10.3. The SMILES string of the molecule is Cc1cc2ccnc(N)c2cc1C(C)(C)C. The first-order valence-electron chi connectivity index (χ1n) is 5.55. The quantitative estimate of drug-likeness (QED) is 0.729. The summed E-state index contributed by atoms with van der Waals surface area (Å²) in [7, 11) is 0. The van der Waals surface area contributed by atoms with Gasteiger partial charge in [0.15, 0.2) is 0 Å². The van der Waals surface area contributed by atoms with Gasteiger partial charge in [-0.1, -0.05) is 26.8 Å². The average molecular weight is 214 g/mol. The van der Waals surface area contributed by atoms with Gasteiger partial charge in [-0.05, 0) is 41.0 Å². The molecule has 0 unspecified atom stereocenters. The first kappa shape index (κ1) is 10.9. The number of aromatic nitrogens is 1. The third-order valence-electron chi connectivity index (χ3n) is 2.95. The van der Waals surface area contributed by atoms with E-state index in [2.05, 4.69) is 44.8 Å². The highest BCUT2D eigenvalue weighted by Crippen LogP contribution is 2.30. The minimum atomic E-state index is 0.139. The summed E-state index contributed by atoms with van der Waals surface area (Å²) in [6.07, 6.45) is 1.76. The highest BCUT2D eigenvalue weighted by Gasteiger charge is 2.17. The first-order valence-corrected chi connectivity index (χ1v) is 5.55. The Morgan fingerprint density at radius 3 is 2.50 bits per heavy atom. The summed E-state index contributed by atoms with van der Waals surface area (Å²) in [4.78, 5) is 4.14. The van der Waals surface area contributed by atoms with Gasteiger partial charge >= 0.3 is 0 Å². The molecule has 0 spiro atoms. The number of hydrogen-bond acceptors (Lipinski definition) is 2.